The maximum atomic E-state index is 13.6. The van der Waals surface area contributed by atoms with Crippen LogP contribution in [0.5, 0.6) is 5.75 Å². The van der Waals surface area contributed by atoms with Gasteiger partial charge in [-0.25, -0.2) is 4.39 Å². The molecule has 0 bridgehead atoms. The molecule has 2 aromatic carbocycles. The molecule has 4 aliphatic rings. The minimum atomic E-state index is -0.669. The van der Waals surface area contributed by atoms with Crippen LogP contribution in [0.4, 0.5) is 4.39 Å². The second-order valence-corrected chi connectivity index (χ2v) is 11.3. The molecule has 0 aromatic heterocycles. The van der Waals surface area contributed by atoms with Gasteiger partial charge in [0, 0.05) is 37.5 Å². The molecule has 0 amide bonds. The van der Waals surface area contributed by atoms with Crippen molar-refractivity contribution in [2.24, 2.45) is 17.0 Å². The van der Waals surface area contributed by atoms with E-state index in [1.54, 1.807) is 0 Å². The molecule has 37 heavy (non-hydrogen) atoms. The fourth-order valence-electron chi connectivity index (χ4n) is 6.45. The number of likely N-dealkylation sites (tertiary alicyclic amines) is 1. The number of oxime groups is 1. The average Bonchev–Trinajstić information content (AvgIpc) is 3.63. The highest BCUT2D eigenvalue weighted by Gasteiger charge is 2.51. The zero-order valence-electron chi connectivity index (χ0n) is 21.4. The largest absolute Gasteiger partial charge is 0.493 e. The Morgan fingerprint density at radius 1 is 1.11 bits per heavy atom. The lowest BCUT2D eigenvalue weighted by Crippen LogP contribution is -2.61. The molecule has 6 rings (SSSR count). The zero-order chi connectivity index (χ0) is 25.6. The summed E-state index contributed by atoms with van der Waals surface area (Å²) in [6.07, 6.45) is 6.46. The molecule has 3 fully saturated rings. The van der Waals surface area contributed by atoms with E-state index in [1.165, 1.54) is 36.1 Å². The van der Waals surface area contributed by atoms with Gasteiger partial charge in [0.2, 0.25) is 0 Å². The number of hydrogen-bond donors (Lipinski definition) is 1. The minimum Gasteiger partial charge on any atom is -0.493 e. The SMILES string of the molecule is CCOc1cc(CN2CC3(CC(C4CCC(C(=O)O)CC4)=NO3)C2)cc(C2CC2)c1-c1ccc(F)cc1. The predicted molar refractivity (Wildman–Crippen MR) is 139 cm³/mol. The van der Waals surface area contributed by atoms with Crippen LogP contribution in [-0.4, -0.2) is 47.0 Å². The third-order valence-corrected chi connectivity index (χ3v) is 8.48. The van der Waals surface area contributed by atoms with E-state index in [0.29, 0.717) is 18.4 Å². The van der Waals surface area contributed by atoms with Gasteiger partial charge in [0.1, 0.15) is 11.6 Å². The van der Waals surface area contributed by atoms with Gasteiger partial charge in [-0.15, -0.1) is 0 Å². The van der Waals surface area contributed by atoms with Crippen LogP contribution < -0.4 is 4.74 Å². The highest BCUT2D eigenvalue weighted by atomic mass is 19.1. The Morgan fingerprint density at radius 3 is 2.46 bits per heavy atom. The molecular formula is C30H35FN2O4. The monoisotopic (exact) mass is 506 g/mol. The average molecular weight is 507 g/mol. The molecule has 2 aliphatic carbocycles. The molecule has 196 valence electrons. The quantitative estimate of drug-likeness (QED) is 0.476. The summed E-state index contributed by atoms with van der Waals surface area (Å²) in [7, 11) is 0. The van der Waals surface area contributed by atoms with E-state index in [1.807, 2.05) is 19.1 Å². The first kappa shape index (κ1) is 24.4. The Kier molecular flexibility index (Phi) is 6.43. The standard InChI is InChI=1S/C30H35FN2O4/c1-2-36-27-14-19(13-25(20-3-4-20)28(27)22-9-11-24(31)12-10-22)16-33-17-30(18-33)15-26(32-37-30)21-5-7-23(8-6-21)29(34)35/h9-14,20-21,23H,2-8,15-18H2,1H3,(H,34,35). The van der Waals surface area contributed by atoms with Crippen molar-refractivity contribution >= 4 is 11.7 Å². The first-order valence-electron chi connectivity index (χ1n) is 13.7. The van der Waals surface area contributed by atoms with Gasteiger partial charge in [-0.1, -0.05) is 23.4 Å². The first-order chi connectivity index (χ1) is 17.9. The Labute approximate surface area is 217 Å². The van der Waals surface area contributed by atoms with E-state index in [9.17, 15) is 14.3 Å². The van der Waals surface area contributed by atoms with E-state index in [-0.39, 0.29) is 17.3 Å². The van der Waals surface area contributed by atoms with Gasteiger partial charge in [0.25, 0.3) is 0 Å². The minimum absolute atomic E-state index is 0.205. The second-order valence-electron chi connectivity index (χ2n) is 11.3. The number of aliphatic carboxylic acids is 1. The van der Waals surface area contributed by atoms with Crippen molar-refractivity contribution in [1.29, 1.82) is 0 Å². The molecule has 2 saturated carbocycles. The molecule has 0 atom stereocenters. The van der Waals surface area contributed by atoms with Crippen LogP contribution in [0, 0.1) is 17.7 Å². The van der Waals surface area contributed by atoms with Crippen molar-refractivity contribution < 1.29 is 23.9 Å². The smallest absolute Gasteiger partial charge is 0.306 e. The van der Waals surface area contributed by atoms with Crippen LogP contribution in [0.2, 0.25) is 0 Å². The van der Waals surface area contributed by atoms with Gasteiger partial charge in [-0.3, -0.25) is 9.69 Å². The third-order valence-electron chi connectivity index (χ3n) is 8.48. The molecule has 1 N–H and O–H groups in total. The van der Waals surface area contributed by atoms with Crippen LogP contribution in [0.3, 0.4) is 0 Å². The molecule has 2 heterocycles. The fraction of sp³-hybridized carbons (Fsp3) is 0.533. The van der Waals surface area contributed by atoms with Gasteiger partial charge in [-0.05, 0) is 86.3 Å². The maximum Gasteiger partial charge on any atom is 0.306 e. The number of hydrogen-bond acceptors (Lipinski definition) is 5. The summed E-state index contributed by atoms with van der Waals surface area (Å²) in [6, 6.07) is 11.2. The summed E-state index contributed by atoms with van der Waals surface area (Å²) in [5, 5.41) is 13.7. The Bertz CT molecular complexity index is 1190. The molecule has 0 unspecified atom stereocenters. The lowest BCUT2D eigenvalue weighted by Gasteiger charge is -2.45. The van der Waals surface area contributed by atoms with Gasteiger partial charge in [-0.2, -0.15) is 0 Å². The van der Waals surface area contributed by atoms with E-state index < -0.39 is 5.97 Å². The normalized spacial score (nSPS) is 24.9. The van der Waals surface area contributed by atoms with E-state index in [0.717, 1.165) is 74.3 Å². The van der Waals surface area contributed by atoms with Crippen LogP contribution >= 0.6 is 0 Å². The number of carboxylic acids is 1. The predicted octanol–water partition coefficient (Wildman–Crippen LogP) is 5.99. The summed E-state index contributed by atoms with van der Waals surface area (Å²) < 4.78 is 19.7. The number of halogens is 1. The summed E-state index contributed by atoms with van der Waals surface area (Å²) in [4.78, 5) is 19.6. The van der Waals surface area contributed by atoms with Crippen molar-refractivity contribution in [2.45, 2.75) is 69.9 Å². The van der Waals surface area contributed by atoms with Gasteiger partial charge < -0.3 is 14.7 Å². The van der Waals surface area contributed by atoms with Crippen molar-refractivity contribution in [3.8, 4) is 16.9 Å². The zero-order valence-corrected chi connectivity index (χ0v) is 21.4. The van der Waals surface area contributed by atoms with Crippen LogP contribution in [0.15, 0.2) is 41.6 Å². The highest BCUT2D eigenvalue weighted by Crippen LogP contribution is 2.48. The van der Waals surface area contributed by atoms with Crippen molar-refractivity contribution in [2.75, 3.05) is 19.7 Å². The van der Waals surface area contributed by atoms with Crippen molar-refractivity contribution in [1.82, 2.24) is 4.90 Å². The highest BCUT2D eigenvalue weighted by molar-refractivity contribution is 5.89. The molecule has 2 aromatic rings. The van der Waals surface area contributed by atoms with E-state index in [2.05, 4.69) is 22.2 Å². The van der Waals surface area contributed by atoms with Crippen molar-refractivity contribution in [3.63, 3.8) is 0 Å². The van der Waals surface area contributed by atoms with Crippen LogP contribution in [-0.2, 0) is 16.2 Å². The van der Waals surface area contributed by atoms with Gasteiger partial charge in [0.15, 0.2) is 5.60 Å². The number of ether oxygens (including phenoxy) is 1. The van der Waals surface area contributed by atoms with E-state index >= 15 is 0 Å². The van der Waals surface area contributed by atoms with Gasteiger partial charge >= 0.3 is 5.97 Å². The van der Waals surface area contributed by atoms with Crippen LogP contribution in [0.25, 0.3) is 11.1 Å². The van der Waals surface area contributed by atoms with E-state index in [4.69, 9.17) is 9.57 Å². The Balaban J connectivity index is 1.12. The Hall–Kier alpha value is -2.93. The molecule has 1 spiro atoms. The lowest BCUT2D eigenvalue weighted by molar-refractivity contribution is -0.142. The molecule has 2 aliphatic heterocycles. The summed E-state index contributed by atoms with van der Waals surface area (Å²) in [5.74, 6) is 0.668. The number of carboxylic acid groups (broad SMARTS) is 1. The Morgan fingerprint density at radius 2 is 1.81 bits per heavy atom. The number of benzene rings is 2. The topological polar surface area (TPSA) is 71.4 Å². The molecule has 7 heteroatoms. The molecule has 6 nitrogen and oxygen atoms in total. The summed E-state index contributed by atoms with van der Waals surface area (Å²) in [5.41, 5.74) is 5.54. The molecule has 1 saturated heterocycles. The third kappa shape index (κ3) is 4.98. The molecule has 0 radical (unpaired) electrons. The number of rotatable bonds is 8. The first-order valence-corrected chi connectivity index (χ1v) is 13.7. The lowest BCUT2D eigenvalue weighted by atomic mass is 9.76. The van der Waals surface area contributed by atoms with Crippen molar-refractivity contribution in [3.05, 3.63) is 53.3 Å². The van der Waals surface area contributed by atoms with Gasteiger partial charge in [0.05, 0.1) is 18.2 Å². The number of carbonyl (C=O) groups is 1. The fourth-order valence-corrected chi connectivity index (χ4v) is 6.45. The molecular weight excluding hydrogens is 471 g/mol. The second kappa shape index (κ2) is 9.75. The summed E-state index contributed by atoms with van der Waals surface area (Å²) >= 11 is 0. The summed E-state index contributed by atoms with van der Waals surface area (Å²) in [6.45, 7) is 5.09. The maximum absolute atomic E-state index is 13.6. The van der Waals surface area contributed by atoms with Crippen LogP contribution in [0.1, 0.15) is 68.9 Å². The number of nitrogens with zero attached hydrogens (tertiary/aromatic N) is 2.